The number of benzene rings is 2. The Morgan fingerprint density at radius 1 is 1.10 bits per heavy atom. The Morgan fingerprint density at radius 2 is 1.80 bits per heavy atom. The fourth-order valence-electron chi connectivity index (χ4n) is 1.51. The van der Waals surface area contributed by atoms with Crippen LogP contribution in [-0.4, -0.2) is 5.91 Å². The summed E-state index contributed by atoms with van der Waals surface area (Å²) in [4.78, 5) is 10.6. The van der Waals surface area contributed by atoms with Gasteiger partial charge in [0.2, 0.25) is 5.91 Å². The molecule has 0 unspecified atom stereocenters. The summed E-state index contributed by atoms with van der Waals surface area (Å²) in [6.07, 6.45) is 2.92. The predicted octanol–water partition coefficient (Wildman–Crippen LogP) is 4.28. The standard InChI is InChI=1S/C15H11Cl2NO2/c16-11-4-7-14(13(17)9-11)20-12-5-1-10(2-6-12)3-8-15(18)19/h1-9H,(H2,18,19)/b8-3-. The molecule has 5 heteroatoms. The van der Waals surface area contributed by atoms with Crippen molar-refractivity contribution in [1.82, 2.24) is 0 Å². The summed E-state index contributed by atoms with van der Waals surface area (Å²) in [5, 5.41) is 0.990. The Kier molecular flexibility index (Phi) is 4.66. The Hall–Kier alpha value is -1.97. The molecule has 2 aromatic rings. The summed E-state index contributed by atoms with van der Waals surface area (Å²) >= 11 is 11.8. The van der Waals surface area contributed by atoms with E-state index in [0.717, 1.165) is 5.56 Å². The van der Waals surface area contributed by atoms with E-state index in [1.54, 1.807) is 48.5 Å². The van der Waals surface area contributed by atoms with Crippen molar-refractivity contribution >= 4 is 35.2 Å². The summed E-state index contributed by atoms with van der Waals surface area (Å²) < 4.78 is 5.64. The third kappa shape index (κ3) is 4.02. The molecule has 0 atom stereocenters. The highest BCUT2D eigenvalue weighted by atomic mass is 35.5. The van der Waals surface area contributed by atoms with E-state index in [-0.39, 0.29) is 0 Å². The first-order chi connectivity index (χ1) is 9.54. The van der Waals surface area contributed by atoms with Gasteiger partial charge >= 0.3 is 0 Å². The van der Waals surface area contributed by atoms with Crippen molar-refractivity contribution in [1.29, 1.82) is 0 Å². The molecule has 0 bridgehead atoms. The van der Waals surface area contributed by atoms with Crippen molar-refractivity contribution in [2.45, 2.75) is 0 Å². The van der Waals surface area contributed by atoms with Crippen molar-refractivity contribution in [2.75, 3.05) is 0 Å². The molecule has 0 saturated heterocycles. The second-order valence-electron chi connectivity index (χ2n) is 3.98. The van der Waals surface area contributed by atoms with Gasteiger partial charge < -0.3 is 10.5 Å². The van der Waals surface area contributed by atoms with Gasteiger partial charge in [0.25, 0.3) is 0 Å². The normalized spacial score (nSPS) is 10.7. The van der Waals surface area contributed by atoms with Crippen LogP contribution in [0.2, 0.25) is 10.0 Å². The quantitative estimate of drug-likeness (QED) is 0.857. The number of primary amides is 1. The zero-order valence-electron chi connectivity index (χ0n) is 10.3. The first-order valence-electron chi connectivity index (χ1n) is 5.75. The Bertz CT molecular complexity index is 651. The molecule has 0 saturated carbocycles. The Morgan fingerprint density at radius 3 is 2.40 bits per heavy atom. The number of amides is 1. The van der Waals surface area contributed by atoms with Crippen molar-refractivity contribution in [3.8, 4) is 11.5 Å². The molecular weight excluding hydrogens is 297 g/mol. The monoisotopic (exact) mass is 307 g/mol. The first kappa shape index (κ1) is 14.4. The van der Waals surface area contributed by atoms with Crippen LogP contribution >= 0.6 is 23.2 Å². The molecule has 0 heterocycles. The van der Waals surface area contributed by atoms with Gasteiger partial charge in [0, 0.05) is 11.1 Å². The van der Waals surface area contributed by atoms with Crippen LogP contribution in [0.15, 0.2) is 48.5 Å². The molecular formula is C15H11Cl2NO2. The van der Waals surface area contributed by atoms with E-state index in [1.165, 1.54) is 6.08 Å². The second-order valence-corrected chi connectivity index (χ2v) is 4.83. The summed E-state index contributed by atoms with van der Waals surface area (Å²) in [6.45, 7) is 0. The van der Waals surface area contributed by atoms with Gasteiger partial charge in [-0.25, -0.2) is 0 Å². The van der Waals surface area contributed by atoms with Gasteiger partial charge in [0.05, 0.1) is 5.02 Å². The van der Waals surface area contributed by atoms with Crippen molar-refractivity contribution in [2.24, 2.45) is 5.73 Å². The molecule has 0 aliphatic rings. The molecule has 0 aliphatic carbocycles. The first-order valence-corrected chi connectivity index (χ1v) is 6.51. The number of carbonyl (C=O) groups excluding carboxylic acids is 1. The third-order valence-electron chi connectivity index (χ3n) is 2.44. The maximum atomic E-state index is 10.6. The molecule has 1 amide bonds. The molecule has 2 N–H and O–H groups in total. The van der Waals surface area contributed by atoms with E-state index < -0.39 is 5.91 Å². The lowest BCUT2D eigenvalue weighted by Gasteiger charge is -2.07. The van der Waals surface area contributed by atoms with Crippen LogP contribution in [0.4, 0.5) is 0 Å². The highest BCUT2D eigenvalue weighted by Crippen LogP contribution is 2.31. The third-order valence-corrected chi connectivity index (χ3v) is 2.97. The van der Waals surface area contributed by atoms with Crippen LogP contribution in [0.5, 0.6) is 11.5 Å². The lowest BCUT2D eigenvalue weighted by Crippen LogP contribution is -2.04. The zero-order chi connectivity index (χ0) is 14.5. The number of halogens is 2. The highest BCUT2D eigenvalue weighted by molar-refractivity contribution is 6.35. The highest BCUT2D eigenvalue weighted by Gasteiger charge is 2.03. The van der Waals surface area contributed by atoms with E-state index in [0.29, 0.717) is 21.5 Å². The minimum atomic E-state index is -0.488. The van der Waals surface area contributed by atoms with Crippen LogP contribution in [0.25, 0.3) is 6.08 Å². The maximum Gasteiger partial charge on any atom is 0.241 e. The number of nitrogens with two attached hydrogens (primary N) is 1. The van der Waals surface area contributed by atoms with E-state index in [2.05, 4.69) is 0 Å². The van der Waals surface area contributed by atoms with Gasteiger partial charge in [-0.3, -0.25) is 4.79 Å². The number of hydrogen-bond acceptors (Lipinski definition) is 2. The van der Waals surface area contributed by atoms with Crippen LogP contribution in [-0.2, 0) is 4.79 Å². The molecule has 2 rings (SSSR count). The molecule has 0 spiro atoms. The van der Waals surface area contributed by atoms with Gasteiger partial charge in [0.15, 0.2) is 0 Å². The van der Waals surface area contributed by atoms with Crippen molar-refractivity contribution in [3.63, 3.8) is 0 Å². The van der Waals surface area contributed by atoms with E-state index in [1.807, 2.05) is 0 Å². The Labute approximate surface area is 126 Å². The van der Waals surface area contributed by atoms with Crippen LogP contribution < -0.4 is 10.5 Å². The SMILES string of the molecule is NC(=O)/C=C\c1ccc(Oc2ccc(Cl)cc2Cl)cc1. The van der Waals surface area contributed by atoms with Crippen LogP contribution in [0.1, 0.15) is 5.56 Å². The average Bonchev–Trinajstić information content (AvgIpc) is 2.41. The zero-order valence-corrected chi connectivity index (χ0v) is 11.9. The smallest absolute Gasteiger partial charge is 0.241 e. The molecule has 2 aromatic carbocycles. The Balaban J connectivity index is 2.12. The van der Waals surface area contributed by atoms with Crippen LogP contribution in [0, 0.1) is 0 Å². The predicted molar refractivity (Wildman–Crippen MR) is 81.2 cm³/mol. The number of carbonyl (C=O) groups is 1. The number of rotatable bonds is 4. The van der Waals surface area contributed by atoms with Crippen molar-refractivity contribution in [3.05, 3.63) is 64.1 Å². The molecule has 0 fully saturated rings. The molecule has 0 radical (unpaired) electrons. The molecule has 20 heavy (non-hydrogen) atoms. The average molecular weight is 308 g/mol. The summed E-state index contributed by atoms with van der Waals surface area (Å²) in [6, 6.07) is 12.2. The molecule has 0 aliphatic heterocycles. The van der Waals surface area contributed by atoms with Gasteiger partial charge in [0.1, 0.15) is 11.5 Å². The fraction of sp³-hybridized carbons (Fsp3) is 0. The minimum Gasteiger partial charge on any atom is -0.456 e. The van der Waals surface area contributed by atoms with Gasteiger partial charge in [-0.15, -0.1) is 0 Å². The molecule has 0 aromatic heterocycles. The number of hydrogen-bond donors (Lipinski definition) is 1. The number of ether oxygens (including phenoxy) is 1. The van der Waals surface area contributed by atoms with E-state index >= 15 is 0 Å². The molecule has 3 nitrogen and oxygen atoms in total. The molecule has 102 valence electrons. The summed E-state index contributed by atoms with van der Waals surface area (Å²) in [5.41, 5.74) is 5.87. The van der Waals surface area contributed by atoms with E-state index in [9.17, 15) is 4.79 Å². The van der Waals surface area contributed by atoms with Gasteiger partial charge in [-0.05, 0) is 42.0 Å². The van der Waals surface area contributed by atoms with Gasteiger partial charge in [-0.2, -0.15) is 0 Å². The maximum absolute atomic E-state index is 10.6. The summed E-state index contributed by atoms with van der Waals surface area (Å²) in [5.74, 6) is 0.667. The van der Waals surface area contributed by atoms with Crippen molar-refractivity contribution < 1.29 is 9.53 Å². The van der Waals surface area contributed by atoms with E-state index in [4.69, 9.17) is 33.7 Å². The fourth-order valence-corrected chi connectivity index (χ4v) is 1.96. The van der Waals surface area contributed by atoms with Gasteiger partial charge in [-0.1, -0.05) is 35.3 Å². The largest absolute Gasteiger partial charge is 0.456 e. The lowest BCUT2D eigenvalue weighted by atomic mass is 10.2. The lowest BCUT2D eigenvalue weighted by molar-refractivity contribution is -0.113. The van der Waals surface area contributed by atoms with Crippen LogP contribution in [0.3, 0.4) is 0 Å². The summed E-state index contributed by atoms with van der Waals surface area (Å²) in [7, 11) is 0. The topological polar surface area (TPSA) is 52.3 Å². The minimum absolute atomic E-state index is 0.440. The second kappa shape index (κ2) is 6.46.